The first-order chi connectivity index (χ1) is 32.6. The van der Waals surface area contributed by atoms with Crippen molar-refractivity contribution in [2.24, 2.45) is 0 Å². The lowest BCUT2D eigenvalue weighted by Crippen LogP contribution is -2.04. The van der Waals surface area contributed by atoms with Crippen LogP contribution in [0.3, 0.4) is 0 Å². The molecule has 3 heterocycles. The molecular weight excluding hydrogens is 809 g/mol. The summed E-state index contributed by atoms with van der Waals surface area (Å²) in [6.07, 6.45) is 0. The van der Waals surface area contributed by atoms with E-state index in [1.807, 2.05) is 140 Å². The van der Waals surface area contributed by atoms with Crippen LogP contribution in [0.2, 0.25) is 0 Å². The molecule has 0 saturated carbocycles. The highest BCUT2D eigenvalue weighted by atomic mass is 16.3. The van der Waals surface area contributed by atoms with E-state index in [-0.39, 0.29) is 0 Å². The molecule has 0 fully saturated rings. The average Bonchev–Trinajstić information content (AvgIpc) is 3.94. The van der Waals surface area contributed by atoms with Gasteiger partial charge in [0, 0.05) is 38.2 Å². The van der Waals surface area contributed by atoms with Crippen LogP contribution in [0.5, 0.6) is 0 Å². The van der Waals surface area contributed by atoms with Crippen molar-refractivity contribution in [2.45, 2.75) is 0 Å². The fraction of sp³-hybridized carbons (Fsp3) is 0. The normalized spacial score (nSPS) is 11.3. The minimum absolute atomic E-state index is 0.509. The quantitative estimate of drug-likeness (QED) is 0.158. The SMILES string of the molecule is N#Cc1cccc(-c2ccc3c4ccc(-c5cccc(C#N)c5)cc4n(-c4ccc(-c5cccc6oc7ccccc7c56)cc4-c4nc(-c5ccccc5)nc(-c5ccccc5)n4)c3c2)c1. The van der Waals surface area contributed by atoms with E-state index in [4.69, 9.17) is 19.4 Å². The molecule has 0 atom stereocenters. The van der Waals surface area contributed by atoms with E-state index < -0.39 is 0 Å². The van der Waals surface area contributed by atoms with Crippen LogP contribution >= 0.6 is 0 Å². The zero-order chi connectivity index (χ0) is 44.1. The van der Waals surface area contributed by atoms with Crippen LogP contribution in [0.1, 0.15) is 11.1 Å². The smallest absolute Gasteiger partial charge is 0.166 e. The summed E-state index contributed by atoms with van der Waals surface area (Å²) in [6.45, 7) is 0. The summed E-state index contributed by atoms with van der Waals surface area (Å²) in [5.41, 5.74) is 14.0. The van der Waals surface area contributed by atoms with Gasteiger partial charge in [-0.1, -0.05) is 146 Å². The molecule has 0 radical (unpaired) electrons. The molecular formula is C59H34N6O. The minimum atomic E-state index is 0.509. The highest BCUT2D eigenvalue weighted by Crippen LogP contribution is 2.43. The van der Waals surface area contributed by atoms with E-state index in [1.54, 1.807) is 0 Å². The fourth-order valence-electron chi connectivity index (χ4n) is 9.20. The zero-order valence-electron chi connectivity index (χ0n) is 35.2. The Hall–Kier alpha value is -9.43. The number of nitriles is 2. The van der Waals surface area contributed by atoms with Crippen molar-refractivity contribution in [3.8, 4) is 85.4 Å². The third-order valence-electron chi connectivity index (χ3n) is 12.3. The Morgan fingerprint density at radius 2 is 0.864 bits per heavy atom. The van der Waals surface area contributed by atoms with E-state index in [1.165, 1.54) is 0 Å². The molecule has 0 saturated heterocycles. The number of fused-ring (bicyclic) bond motifs is 6. The molecule has 66 heavy (non-hydrogen) atoms. The van der Waals surface area contributed by atoms with Gasteiger partial charge in [0.25, 0.3) is 0 Å². The number of aromatic nitrogens is 4. The highest BCUT2D eigenvalue weighted by molar-refractivity contribution is 6.14. The number of benzene rings is 9. The van der Waals surface area contributed by atoms with E-state index in [0.717, 1.165) is 99.5 Å². The van der Waals surface area contributed by atoms with Gasteiger partial charge >= 0.3 is 0 Å². The van der Waals surface area contributed by atoms with Crippen LogP contribution in [0.15, 0.2) is 211 Å². The third-order valence-corrected chi connectivity index (χ3v) is 12.3. The maximum Gasteiger partial charge on any atom is 0.166 e. The first-order valence-corrected chi connectivity index (χ1v) is 21.6. The lowest BCUT2D eigenvalue weighted by Gasteiger charge is -2.17. The predicted octanol–water partition coefficient (Wildman–Crippen LogP) is 14.6. The maximum atomic E-state index is 9.85. The summed E-state index contributed by atoms with van der Waals surface area (Å²) in [4.78, 5) is 15.7. The molecule has 0 unspecified atom stereocenters. The molecule has 0 spiro atoms. The Morgan fingerprint density at radius 1 is 0.364 bits per heavy atom. The molecule has 0 amide bonds. The molecule has 9 aromatic carbocycles. The molecule has 0 aliphatic heterocycles. The van der Waals surface area contributed by atoms with Crippen molar-refractivity contribution >= 4 is 43.7 Å². The summed E-state index contributed by atoms with van der Waals surface area (Å²) < 4.78 is 8.70. The molecule has 7 heteroatoms. The monoisotopic (exact) mass is 842 g/mol. The minimum Gasteiger partial charge on any atom is -0.456 e. The number of hydrogen-bond acceptors (Lipinski definition) is 6. The van der Waals surface area contributed by atoms with Crippen molar-refractivity contribution in [1.29, 1.82) is 10.5 Å². The molecule has 0 bridgehead atoms. The van der Waals surface area contributed by atoms with Crippen LogP contribution in [0, 0.1) is 22.7 Å². The maximum absolute atomic E-state index is 9.85. The van der Waals surface area contributed by atoms with Crippen molar-refractivity contribution in [3.05, 3.63) is 217 Å². The van der Waals surface area contributed by atoms with E-state index in [0.29, 0.717) is 28.6 Å². The Balaban J connectivity index is 1.19. The second-order valence-electron chi connectivity index (χ2n) is 16.2. The van der Waals surface area contributed by atoms with Gasteiger partial charge in [-0.15, -0.1) is 0 Å². The van der Waals surface area contributed by atoms with Gasteiger partial charge in [0.1, 0.15) is 11.2 Å². The Bertz CT molecular complexity index is 3790. The van der Waals surface area contributed by atoms with Gasteiger partial charge in [0.15, 0.2) is 17.5 Å². The Kier molecular flexibility index (Phi) is 9.12. The molecule has 3 aromatic heterocycles. The average molecular weight is 843 g/mol. The highest BCUT2D eigenvalue weighted by Gasteiger charge is 2.23. The van der Waals surface area contributed by atoms with Gasteiger partial charge in [-0.25, -0.2) is 15.0 Å². The largest absolute Gasteiger partial charge is 0.456 e. The fourth-order valence-corrected chi connectivity index (χ4v) is 9.20. The van der Waals surface area contributed by atoms with Gasteiger partial charge in [0.05, 0.1) is 40.0 Å². The predicted molar refractivity (Wildman–Crippen MR) is 263 cm³/mol. The standard InChI is InChI=1S/C59H34N6O/c60-35-37-12-9-18-41(30-37)43-24-27-47-48-28-25-44(42-19-10-13-38(31-42)36-61)34-53(48)65(52(47)33-43)51-29-26-45(46-21-11-23-55-56(46)49-20-7-8-22-54(49)66-55)32-50(51)59-63-57(39-14-3-1-4-15-39)62-58(64-59)40-16-5-2-6-17-40/h1-34H. The first kappa shape index (κ1) is 38.3. The van der Waals surface area contributed by atoms with Crippen LogP contribution in [0.4, 0.5) is 0 Å². The summed E-state index contributed by atoms with van der Waals surface area (Å²) >= 11 is 0. The number of para-hydroxylation sites is 1. The third kappa shape index (κ3) is 6.55. The van der Waals surface area contributed by atoms with Crippen molar-refractivity contribution in [1.82, 2.24) is 19.5 Å². The van der Waals surface area contributed by atoms with Gasteiger partial charge in [-0.3, -0.25) is 0 Å². The van der Waals surface area contributed by atoms with Crippen LogP contribution in [-0.4, -0.2) is 19.5 Å². The molecule has 12 aromatic rings. The number of rotatable bonds is 7. The van der Waals surface area contributed by atoms with Gasteiger partial charge < -0.3 is 8.98 Å². The second-order valence-corrected chi connectivity index (χ2v) is 16.2. The number of hydrogen-bond donors (Lipinski definition) is 0. The van der Waals surface area contributed by atoms with Gasteiger partial charge in [-0.05, 0) is 94.0 Å². The van der Waals surface area contributed by atoms with Crippen molar-refractivity contribution in [3.63, 3.8) is 0 Å². The Morgan fingerprint density at radius 3 is 1.47 bits per heavy atom. The zero-order valence-corrected chi connectivity index (χ0v) is 35.2. The summed E-state index contributed by atoms with van der Waals surface area (Å²) in [5, 5.41) is 23.9. The molecule has 0 N–H and O–H groups in total. The second kappa shape index (κ2) is 15.7. The van der Waals surface area contributed by atoms with Gasteiger partial charge in [-0.2, -0.15) is 10.5 Å². The number of furan rings is 1. The summed E-state index contributed by atoms with van der Waals surface area (Å²) in [7, 11) is 0. The number of nitrogens with zero attached hydrogens (tertiary/aromatic N) is 6. The summed E-state index contributed by atoms with van der Waals surface area (Å²) in [6, 6.07) is 74.0. The van der Waals surface area contributed by atoms with Crippen LogP contribution < -0.4 is 0 Å². The van der Waals surface area contributed by atoms with Crippen molar-refractivity contribution in [2.75, 3.05) is 0 Å². The van der Waals surface area contributed by atoms with E-state index in [9.17, 15) is 10.5 Å². The topological polar surface area (TPSA) is 104 Å². The van der Waals surface area contributed by atoms with E-state index >= 15 is 0 Å². The molecule has 0 aliphatic rings. The lowest BCUT2D eigenvalue weighted by atomic mass is 9.96. The first-order valence-electron chi connectivity index (χ1n) is 21.6. The Labute approximate surface area is 379 Å². The van der Waals surface area contributed by atoms with Gasteiger partial charge in [0.2, 0.25) is 0 Å². The lowest BCUT2D eigenvalue weighted by molar-refractivity contribution is 0.669. The molecule has 12 rings (SSSR count). The van der Waals surface area contributed by atoms with E-state index in [2.05, 4.69) is 83.4 Å². The van der Waals surface area contributed by atoms with Crippen molar-refractivity contribution < 1.29 is 4.42 Å². The summed E-state index contributed by atoms with van der Waals surface area (Å²) in [5.74, 6) is 1.62. The molecule has 7 nitrogen and oxygen atoms in total. The molecule has 0 aliphatic carbocycles. The van der Waals surface area contributed by atoms with Crippen LogP contribution in [-0.2, 0) is 0 Å². The van der Waals surface area contributed by atoms with Crippen LogP contribution in [0.25, 0.3) is 117 Å². The molecule has 306 valence electrons.